The Morgan fingerprint density at radius 3 is 2.79 bits per heavy atom. The van der Waals surface area contributed by atoms with Crippen LogP contribution in [0.2, 0.25) is 0 Å². The van der Waals surface area contributed by atoms with Gasteiger partial charge in [0.2, 0.25) is 0 Å². The molecule has 2 saturated carbocycles. The van der Waals surface area contributed by atoms with Gasteiger partial charge in [-0.05, 0) is 36.7 Å². The van der Waals surface area contributed by atoms with Gasteiger partial charge in [-0.1, -0.05) is 26.8 Å². The van der Waals surface area contributed by atoms with E-state index in [1.54, 1.807) is 0 Å². The van der Waals surface area contributed by atoms with E-state index >= 15 is 0 Å². The van der Waals surface area contributed by atoms with E-state index in [0.29, 0.717) is 13.0 Å². The number of esters is 1. The molecule has 0 aromatic heterocycles. The molecule has 2 spiro atoms. The number of hydrogen-bond donors (Lipinski definition) is 1. The van der Waals surface area contributed by atoms with E-state index in [2.05, 4.69) is 27.4 Å². The van der Waals surface area contributed by atoms with Gasteiger partial charge in [0.15, 0.2) is 11.2 Å². The number of cyclic esters (lactones) is 1. The zero-order valence-corrected chi connectivity index (χ0v) is 16.5. The molecule has 3 saturated heterocycles. The Bertz CT molecular complexity index is 909. The average Bonchev–Trinajstić information content (AvgIpc) is 3.55. The summed E-state index contributed by atoms with van der Waals surface area (Å²) in [6.45, 7) is 10.9. The van der Waals surface area contributed by atoms with Crippen LogP contribution in [0.5, 0.6) is 0 Å². The Hall–Kier alpha value is -1.21. The maximum atomic E-state index is 12.2. The molecule has 7 aliphatic rings. The van der Waals surface area contributed by atoms with Crippen molar-refractivity contribution in [1.82, 2.24) is 0 Å². The van der Waals surface area contributed by atoms with E-state index in [1.807, 2.05) is 6.08 Å². The van der Waals surface area contributed by atoms with Crippen LogP contribution in [0.3, 0.4) is 0 Å². The number of aliphatic hydroxyl groups is 1. The number of ether oxygens (including phenoxy) is 4. The van der Waals surface area contributed by atoms with Crippen molar-refractivity contribution in [3.8, 4) is 0 Å². The first kappa shape index (κ1) is 16.6. The predicted octanol–water partition coefficient (Wildman–Crippen LogP) is 1.66. The number of aliphatic hydroxyl groups excluding tert-OH is 1. The number of hydrogen-bond acceptors (Lipinski definition) is 6. The van der Waals surface area contributed by atoms with Crippen LogP contribution in [-0.4, -0.2) is 58.4 Å². The Morgan fingerprint density at radius 1 is 1.29 bits per heavy atom. The molecular weight excluding hydrogens is 360 g/mol. The van der Waals surface area contributed by atoms with E-state index < -0.39 is 28.5 Å². The molecule has 9 atom stereocenters. The van der Waals surface area contributed by atoms with Crippen LogP contribution in [0, 0.1) is 17.3 Å². The molecule has 0 amide bonds. The molecule has 0 bridgehead atoms. The largest absolute Gasteiger partial charge is 0.458 e. The van der Waals surface area contributed by atoms with Crippen LogP contribution in [0.1, 0.15) is 40.0 Å². The Kier molecular flexibility index (Phi) is 2.46. The van der Waals surface area contributed by atoms with Gasteiger partial charge in [0.05, 0.1) is 6.10 Å². The highest BCUT2D eigenvalue weighted by Gasteiger charge is 3.05. The molecule has 150 valence electrons. The number of epoxide rings is 3. The van der Waals surface area contributed by atoms with Gasteiger partial charge >= 0.3 is 5.97 Å². The summed E-state index contributed by atoms with van der Waals surface area (Å²) in [5.41, 5.74) is -0.824. The lowest BCUT2D eigenvalue weighted by Crippen LogP contribution is -2.70. The standard InChI is InChI=1S/C22H26O6/c1-5-19-20(28-19,10(2)3)15(23)16-22(27-16)18(4)7-6-11-12(9-25-17(11)24)13(18)8-14-21(19,22)26-14/h5,10,13-16,23H,1,6-9H2,2-4H3/t13-,14-,15-,16-,18-,19-,20-,21+,22+/m0/s1. The normalized spacial score (nSPS) is 62.0. The van der Waals surface area contributed by atoms with Gasteiger partial charge in [-0.15, -0.1) is 6.58 Å². The van der Waals surface area contributed by atoms with Crippen molar-refractivity contribution in [3.05, 3.63) is 23.8 Å². The van der Waals surface area contributed by atoms with Gasteiger partial charge in [0, 0.05) is 11.0 Å². The molecule has 0 radical (unpaired) electrons. The second-order valence-corrected chi connectivity index (χ2v) is 10.3. The molecule has 6 heteroatoms. The number of rotatable bonds is 2. The average molecular weight is 386 g/mol. The minimum Gasteiger partial charge on any atom is -0.458 e. The van der Waals surface area contributed by atoms with Gasteiger partial charge in [-0.2, -0.15) is 0 Å². The molecular formula is C22H26O6. The van der Waals surface area contributed by atoms with E-state index in [4.69, 9.17) is 18.9 Å². The summed E-state index contributed by atoms with van der Waals surface area (Å²) in [5, 5.41) is 11.4. The first-order valence-electron chi connectivity index (χ1n) is 10.5. The fourth-order valence-corrected chi connectivity index (χ4v) is 8.35. The van der Waals surface area contributed by atoms with E-state index in [1.165, 1.54) is 0 Å². The summed E-state index contributed by atoms with van der Waals surface area (Å²) in [6.07, 6.45) is 3.21. The van der Waals surface area contributed by atoms with Gasteiger partial charge in [-0.25, -0.2) is 4.79 Å². The summed E-state index contributed by atoms with van der Waals surface area (Å²) in [6, 6.07) is 0. The third-order valence-corrected chi connectivity index (χ3v) is 9.60. The van der Waals surface area contributed by atoms with Crippen molar-refractivity contribution in [1.29, 1.82) is 0 Å². The van der Waals surface area contributed by atoms with Crippen LogP contribution in [0.4, 0.5) is 0 Å². The summed E-state index contributed by atoms with van der Waals surface area (Å²) in [7, 11) is 0. The third-order valence-electron chi connectivity index (χ3n) is 9.60. The summed E-state index contributed by atoms with van der Waals surface area (Å²) >= 11 is 0. The lowest BCUT2D eigenvalue weighted by atomic mass is 9.45. The van der Waals surface area contributed by atoms with Crippen LogP contribution in [0.25, 0.3) is 0 Å². The molecule has 0 unspecified atom stereocenters. The fraction of sp³-hybridized carbons (Fsp3) is 0.773. The van der Waals surface area contributed by atoms with Crippen LogP contribution in [0.15, 0.2) is 23.8 Å². The quantitative estimate of drug-likeness (QED) is 0.441. The minimum atomic E-state index is -0.714. The van der Waals surface area contributed by atoms with Crippen molar-refractivity contribution in [2.75, 3.05) is 6.61 Å². The molecule has 4 aliphatic heterocycles. The second-order valence-electron chi connectivity index (χ2n) is 10.3. The van der Waals surface area contributed by atoms with E-state index in [-0.39, 0.29) is 35.4 Å². The zero-order chi connectivity index (χ0) is 19.5. The number of carbonyl (C=O) groups is 1. The van der Waals surface area contributed by atoms with Crippen LogP contribution in [-0.2, 0) is 23.7 Å². The van der Waals surface area contributed by atoms with Crippen LogP contribution < -0.4 is 0 Å². The summed E-state index contributed by atoms with van der Waals surface area (Å²) < 4.78 is 24.9. The highest BCUT2D eigenvalue weighted by molar-refractivity contribution is 5.92. The monoisotopic (exact) mass is 386 g/mol. The van der Waals surface area contributed by atoms with Crippen molar-refractivity contribution < 1.29 is 28.8 Å². The van der Waals surface area contributed by atoms with Gasteiger partial charge in [0.1, 0.15) is 30.0 Å². The molecule has 4 heterocycles. The Balaban J connectivity index is 1.42. The Morgan fingerprint density at radius 2 is 2.07 bits per heavy atom. The maximum Gasteiger partial charge on any atom is 0.334 e. The van der Waals surface area contributed by atoms with E-state index in [0.717, 1.165) is 24.0 Å². The van der Waals surface area contributed by atoms with Gasteiger partial charge in [-0.3, -0.25) is 0 Å². The predicted molar refractivity (Wildman–Crippen MR) is 96.2 cm³/mol. The SMILES string of the molecule is C=C[C@]12O[C@@]1(C(C)C)[C@@H](O)[C@@H]1O[C@]13[C@]21O[C@H]1C[C@H]1C2=C(CC[C@@]13C)C(=O)OC2. The lowest BCUT2D eigenvalue weighted by molar-refractivity contribution is -0.136. The molecule has 3 aliphatic carbocycles. The molecule has 6 nitrogen and oxygen atoms in total. The Labute approximate surface area is 163 Å². The molecule has 1 N–H and O–H groups in total. The highest BCUT2D eigenvalue weighted by Crippen LogP contribution is 2.87. The van der Waals surface area contributed by atoms with Gasteiger partial charge in [0.25, 0.3) is 0 Å². The van der Waals surface area contributed by atoms with Crippen LogP contribution >= 0.6 is 0 Å². The third kappa shape index (κ3) is 1.19. The minimum absolute atomic E-state index is 0.00995. The van der Waals surface area contributed by atoms with Crippen molar-refractivity contribution in [3.63, 3.8) is 0 Å². The number of carbonyl (C=O) groups excluding carboxylic acids is 1. The van der Waals surface area contributed by atoms with E-state index in [9.17, 15) is 9.90 Å². The molecule has 0 aromatic carbocycles. The molecule has 7 rings (SSSR count). The second kappa shape index (κ2) is 4.15. The van der Waals surface area contributed by atoms with Crippen molar-refractivity contribution in [2.24, 2.45) is 17.3 Å². The summed E-state index contributed by atoms with van der Waals surface area (Å²) in [4.78, 5) is 12.2. The lowest BCUT2D eigenvalue weighted by Gasteiger charge is -2.53. The first-order chi connectivity index (χ1) is 13.3. The zero-order valence-electron chi connectivity index (χ0n) is 16.5. The summed E-state index contributed by atoms with van der Waals surface area (Å²) in [5.74, 6) is 0.133. The van der Waals surface area contributed by atoms with Gasteiger partial charge < -0.3 is 24.1 Å². The molecule has 0 aromatic rings. The molecule has 5 fully saturated rings. The van der Waals surface area contributed by atoms with Crippen molar-refractivity contribution in [2.45, 2.75) is 80.7 Å². The topological polar surface area (TPSA) is 84.1 Å². The fourth-order valence-electron chi connectivity index (χ4n) is 8.35. The van der Waals surface area contributed by atoms with Crippen molar-refractivity contribution >= 4 is 5.97 Å². The maximum absolute atomic E-state index is 12.2. The highest BCUT2D eigenvalue weighted by atomic mass is 16.8. The smallest absolute Gasteiger partial charge is 0.334 e. The molecule has 28 heavy (non-hydrogen) atoms. The first-order valence-corrected chi connectivity index (χ1v) is 10.5. The number of fused-ring (bicyclic) bond motifs is 3.